The lowest BCUT2D eigenvalue weighted by atomic mass is 10.2. The van der Waals surface area contributed by atoms with E-state index in [9.17, 15) is 4.79 Å². The number of anilines is 1. The molecule has 0 aliphatic heterocycles. The van der Waals surface area contributed by atoms with Crippen molar-refractivity contribution in [1.82, 2.24) is 0 Å². The van der Waals surface area contributed by atoms with E-state index < -0.39 is 5.97 Å². The van der Waals surface area contributed by atoms with Crippen LogP contribution in [0.15, 0.2) is 55.1 Å². The number of halogens is 1. The first-order valence-electron chi connectivity index (χ1n) is 6.69. The topological polar surface area (TPSA) is 58.6 Å². The highest BCUT2D eigenvalue weighted by Gasteiger charge is 2.08. The maximum Gasteiger partial charge on any atom is 0.337 e. The summed E-state index contributed by atoms with van der Waals surface area (Å²) in [5, 5.41) is 12.3. The van der Waals surface area contributed by atoms with Gasteiger partial charge in [0, 0.05) is 12.2 Å². The maximum atomic E-state index is 10.9. The normalized spacial score (nSPS) is 10.0. The van der Waals surface area contributed by atoms with E-state index in [0.717, 1.165) is 17.0 Å². The zero-order valence-electron chi connectivity index (χ0n) is 11.9. The van der Waals surface area contributed by atoms with E-state index in [1.54, 1.807) is 18.2 Å². The quantitative estimate of drug-likeness (QED) is 0.751. The number of rotatable bonds is 7. The van der Waals surface area contributed by atoms with Crippen molar-refractivity contribution >= 4 is 23.3 Å². The van der Waals surface area contributed by atoms with Crippen molar-refractivity contribution in [3.05, 3.63) is 71.3 Å². The van der Waals surface area contributed by atoms with Crippen molar-refractivity contribution in [2.45, 2.75) is 6.54 Å². The molecule has 2 N–H and O–H groups in total. The standard InChI is InChI=1S/C17H16ClNO3/c1-2-9-22-14-6-3-12(4-7-14)11-19-13-5-8-15(17(20)21)16(18)10-13/h2-8,10,19H,1,9,11H2,(H,20,21). The molecule has 0 radical (unpaired) electrons. The Balaban J connectivity index is 1.96. The molecular weight excluding hydrogens is 302 g/mol. The van der Waals surface area contributed by atoms with Gasteiger partial charge in [-0.15, -0.1) is 0 Å². The third-order valence-corrected chi connectivity index (χ3v) is 3.30. The molecule has 0 spiro atoms. The summed E-state index contributed by atoms with van der Waals surface area (Å²) >= 11 is 5.93. The van der Waals surface area contributed by atoms with Crippen molar-refractivity contribution < 1.29 is 14.6 Å². The average molecular weight is 318 g/mol. The van der Waals surface area contributed by atoms with Gasteiger partial charge in [0.1, 0.15) is 12.4 Å². The molecule has 0 unspecified atom stereocenters. The minimum absolute atomic E-state index is 0.0935. The number of hydrogen-bond acceptors (Lipinski definition) is 3. The Morgan fingerprint density at radius 2 is 2.00 bits per heavy atom. The lowest BCUT2D eigenvalue weighted by molar-refractivity contribution is 0.0697. The van der Waals surface area contributed by atoms with Crippen LogP contribution in [0, 0.1) is 0 Å². The van der Waals surface area contributed by atoms with Gasteiger partial charge in [-0.2, -0.15) is 0 Å². The molecule has 4 nitrogen and oxygen atoms in total. The maximum absolute atomic E-state index is 10.9. The van der Waals surface area contributed by atoms with Gasteiger partial charge in [-0.05, 0) is 35.9 Å². The Kier molecular flexibility index (Phi) is 5.44. The molecule has 0 saturated carbocycles. The van der Waals surface area contributed by atoms with Crippen LogP contribution in [0.1, 0.15) is 15.9 Å². The predicted molar refractivity (Wildman–Crippen MR) is 87.9 cm³/mol. The Hall–Kier alpha value is -2.46. The molecule has 0 aliphatic carbocycles. The van der Waals surface area contributed by atoms with Crippen LogP contribution in [0.2, 0.25) is 5.02 Å². The van der Waals surface area contributed by atoms with E-state index >= 15 is 0 Å². The molecule has 0 aromatic heterocycles. The smallest absolute Gasteiger partial charge is 0.337 e. The van der Waals surface area contributed by atoms with Crippen LogP contribution < -0.4 is 10.1 Å². The summed E-state index contributed by atoms with van der Waals surface area (Å²) < 4.78 is 5.41. The van der Waals surface area contributed by atoms with Gasteiger partial charge >= 0.3 is 5.97 Å². The molecule has 0 amide bonds. The number of carboxylic acid groups (broad SMARTS) is 1. The molecule has 0 bridgehead atoms. The highest BCUT2D eigenvalue weighted by atomic mass is 35.5. The monoisotopic (exact) mass is 317 g/mol. The highest BCUT2D eigenvalue weighted by Crippen LogP contribution is 2.21. The fourth-order valence-corrected chi connectivity index (χ4v) is 2.12. The SMILES string of the molecule is C=CCOc1ccc(CNc2ccc(C(=O)O)c(Cl)c2)cc1. The summed E-state index contributed by atoms with van der Waals surface area (Å²) in [5.41, 5.74) is 1.93. The molecule has 114 valence electrons. The van der Waals surface area contributed by atoms with E-state index in [2.05, 4.69) is 11.9 Å². The van der Waals surface area contributed by atoms with Gasteiger partial charge in [0.25, 0.3) is 0 Å². The molecule has 0 atom stereocenters. The van der Waals surface area contributed by atoms with Crippen molar-refractivity contribution in [2.75, 3.05) is 11.9 Å². The zero-order valence-corrected chi connectivity index (χ0v) is 12.6. The third-order valence-electron chi connectivity index (χ3n) is 2.99. The minimum Gasteiger partial charge on any atom is -0.490 e. The summed E-state index contributed by atoms with van der Waals surface area (Å²) in [4.78, 5) is 10.9. The van der Waals surface area contributed by atoms with Crippen LogP contribution in [-0.2, 0) is 6.54 Å². The summed E-state index contributed by atoms with van der Waals surface area (Å²) in [6.07, 6.45) is 1.69. The molecule has 5 heteroatoms. The second kappa shape index (κ2) is 7.52. The molecule has 0 aliphatic rings. The Morgan fingerprint density at radius 3 is 2.59 bits per heavy atom. The van der Waals surface area contributed by atoms with Gasteiger partial charge < -0.3 is 15.2 Å². The number of carbonyl (C=O) groups is 1. The van der Waals surface area contributed by atoms with Gasteiger partial charge in [-0.1, -0.05) is 36.4 Å². The van der Waals surface area contributed by atoms with Gasteiger partial charge in [0.15, 0.2) is 0 Å². The lowest BCUT2D eigenvalue weighted by Gasteiger charge is -2.09. The van der Waals surface area contributed by atoms with Gasteiger partial charge in [-0.3, -0.25) is 0 Å². The van der Waals surface area contributed by atoms with Crippen LogP contribution >= 0.6 is 11.6 Å². The van der Waals surface area contributed by atoms with Crippen LogP contribution in [0.5, 0.6) is 5.75 Å². The minimum atomic E-state index is -1.04. The first-order chi connectivity index (χ1) is 10.6. The molecule has 0 fully saturated rings. The molecule has 2 rings (SSSR count). The number of hydrogen-bond donors (Lipinski definition) is 2. The van der Waals surface area contributed by atoms with Crippen molar-refractivity contribution in [3.63, 3.8) is 0 Å². The van der Waals surface area contributed by atoms with Gasteiger partial charge in [0.2, 0.25) is 0 Å². The predicted octanol–water partition coefficient (Wildman–Crippen LogP) is 4.22. The number of benzene rings is 2. The summed E-state index contributed by atoms with van der Waals surface area (Å²) in [6.45, 7) is 4.68. The number of aromatic carboxylic acids is 1. The van der Waals surface area contributed by atoms with Gasteiger partial charge in [0.05, 0.1) is 10.6 Å². The van der Waals surface area contributed by atoms with Crippen molar-refractivity contribution in [1.29, 1.82) is 0 Å². The summed E-state index contributed by atoms with van der Waals surface area (Å²) in [6, 6.07) is 12.5. The Morgan fingerprint density at radius 1 is 1.27 bits per heavy atom. The van der Waals surface area contributed by atoms with E-state index in [-0.39, 0.29) is 10.6 Å². The average Bonchev–Trinajstić information content (AvgIpc) is 2.51. The molecule has 2 aromatic carbocycles. The van der Waals surface area contributed by atoms with Gasteiger partial charge in [-0.25, -0.2) is 4.79 Å². The molecule has 2 aromatic rings. The molecule has 0 saturated heterocycles. The summed E-state index contributed by atoms with van der Waals surface area (Å²) in [5.74, 6) is -0.246. The molecule has 0 heterocycles. The second-order valence-corrected chi connectivity index (χ2v) is 5.00. The molecule has 22 heavy (non-hydrogen) atoms. The van der Waals surface area contributed by atoms with E-state index in [1.807, 2.05) is 24.3 Å². The fraction of sp³-hybridized carbons (Fsp3) is 0.118. The first kappa shape index (κ1) is 15.9. The van der Waals surface area contributed by atoms with Crippen molar-refractivity contribution in [3.8, 4) is 5.75 Å². The second-order valence-electron chi connectivity index (χ2n) is 4.60. The fourth-order valence-electron chi connectivity index (χ4n) is 1.86. The Labute approximate surface area is 134 Å². The van der Waals surface area contributed by atoms with Crippen LogP contribution in [0.25, 0.3) is 0 Å². The number of carboxylic acids is 1. The highest BCUT2D eigenvalue weighted by molar-refractivity contribution is 6.33. The Bertz CT molecular complexity index is 668. The van der Waals surface area contributed by atoms with Crippen molar-refractivity contribution in [2.24, 2.45) is 0 Å². The summed E-state index contributed by atoms with van der Waals surface area (Å²) in [7, 11) is 0. The van der Waals surface area contributed by atoms with E-state index in [4.69, 9.17) is 21.4 Å². The van der Waals surface area contributed by atoms with E-state index in [1.165, 1.54) is 6.07 Å². The number of ether oxygens (including phenoxy) is 1. The zero-order chi connectivity index (χ0) is 15.9. The van der Waals surface area contributed by atoms with Crippen LogP contribution in [0.3, 0.4) is 0 Å². The van der Waals surface area contributed by atoms with Crippen LogP contribution in [-0.4, -0.2) is 17.7 Å². The lowest BCUT2D eigenvalue weighted by Crippen LogP contribution is -2.02. The number of nitrogens with one attached hydrogen (secondary N) is 1. The largest absolute Gasteiger partial charge is 0.490 e. The third kappa shape index (κ3) is 4.27. The molecular formula is C17H16ClNO3. The van der Waals surface area contributed by atoms with E-state index in [0.29, 0.717) is 13.2 Å². The first-order valence-corrected chi connectivity index (χ1v) is 7.07. The van der Waals surface area contributed by atoms with Crippen LogP contribution in [0.4, 0.5) is 5.69 Å².